The minimum atomic E-state index is -0.0661. The zero-order valence-electron chi connectivity index (χ0n) is 16.0. The van der Waals surface area contributed by atoms with Gasteiger partial charge < -0.3 is 14.6 Å². The van der Waals surface area contributed by atoms with Crippen LogP contribution in [0.1, 0.15) is 11.3 Å². The van der Waals surface area contributed by atoms with Gasteiger partial charge in [-0.15, -0.1) is 0 Å². The zero-order valence-corrected chi connectivity index (χ0v) is 16.0. The first-order valence-corrected chi connectivity index (χ1v) is 9.28. The summed E-state index contributed by atoms with van der Waals surface area (Å²) in [6.45, 7) is 2.05. The van der Waals surface area contributed by atoms with Gasteiger partial charge in [0.1, 0.15) is 5.75 Å². The van der Waals surface area contributed by atoms with Crippen LogP contribution in [-0.2, 0) is 18.3 Å². The van der Waals surface area contributed by atoms with Gasteiger partial charge in [-0.3, -0.25) is 4.79 Å². The molecular weight excluding hydrogens is 348 g/mol. The summed E-state index contributed by atoms with van der Waals surface area (Å²) in [7, 11) is 2.03. The summed E-state index contributed by atoms with van der Waals surface area (Å²) < 4.78 is 8.07. The first-order chi connectivity index (χ1) is 13.6. The quantitative estimate of drug-likeness (QED) is 0.507. The van der Waals surface area contributed by atoms with Crippen molar-refractivity contribution in [3.63, 3.8) is 0 Å². The van der Waals surface area contributed by atoms with E-state index in [0.717, 1.165) is 27.9 Å². The van der Waals surface area contributed by atoms with Crippen molar-refractivity contribution in [2.75, 3.05) is 5.32 Å². The number of amides is 1. The third-order valence-electron chi connectivity index (χ3n) is 5.00. The Bertz CT molecular complexity index is 1130. The second-order valence-electron chi connectivity index (χ2n) is 6.78. The minimum absolute atomic E-state index is 0.0661. The lowest BCUT2D eigenvalue weighted by Crippen LogP contribution is -2.15. The first-order valence-electron chi connectivity index (χ1n) is 9.28. The maximum absolute atomic E-state index is 12.8. The highest BCUT2D eigenvalue weighted by Gasteiger charge is 2.16. The molecule has 0 saturated carbocycles. The van der Waals surface area contributed by atoms with E-state index in [9.17, 15) is 4.79 Å². The van der Waals surface area contributed by atoms with Gasteiger partial charge in [-0.1, -0.05) is 48.5 Å². The molecule has 28 heavy (non-hydrogen) atoms. The maximum Gasteiger partial charge on any atom is 0.228 e. The second kappa shape index (κ2) is 7.61. The largest absolute Gasteiger partial charge is 0.455 e. The molecular formula is C24H22N2O2. The molecule has 0 saturated heterocycles. The van der Waals surface area contributed by atoms with Crippen LogP contribution in [0.5, 0.6) is 11.5 Å². The van der Waals surface area contributed by atoms with E-state index in [1.54, 1.807) is 0 Å². The summed E-state index contributed by atoms with van der Waals surface area (Å²) in [6.07, 6.45) is 0.312. The predicted octanol–water partition coefficient (Wildman–Crippen LogP) is 5.46. The number of benzene rings is 3. The van der Waals surface area contributed by atoms with Gasteiger partial charge in [0, 0.05) is 23.6 Å². The number of anilines is 1. The molecule has 0 atom stereocenters. The Kier molecular flexibility index (Phi) is 4.85. The molecule has 3 aromatic carbocycles. The average molecular weight is 370 g/mol. The van der Waals surface area contributed by atoms with E-state index in [-0.39, 0.29) is 5.91 Å². The SMILES string of the molecule is Cc1c(CC(=O)Nc2ccccc2Oc2ccccc2)c2ccccc2n1C. The normalized spacial score (nSPS) is 10.8. The summed E-state index contributed by atoms with van der Waals surface area (Å²) in [5.74, 6) is 1.29. The summed E-state index contributed by atoms with van der Waals surface area (Å²) in [5.41, 5.74) is 3.95. The van der Waals surface area contributed by atoms with E-state index < -0.39 is 0 Å². The molecule has 0 aliphatic carbocycles. The number of ether oxygens (including phenoxy) is 1. The number of carbonyl (C=O) groups excluding carboxylic acids is 1. The number of carbonyl (C=O) groups is 1. The number of aromatic nitrogens is 1. The van der Waals surface area contributed by atoms with Gasteiger partial charge in [0.2, 0.25) is 5.91 Å². The Morgan fingerprint density at radius 1 is 0.929 bits per heavy atom. The van der Waals surface area contributed by atoms with Crippen LogP contribution in [0.15, 0.2) is 78.9 Å². The second-order valence-corrected chi connectivity index (χ2v) is 6.78. The van der Waals surface area contributed by atoms with Gasteiger partial charge in [-0.2, -0.15) is 0 Å². The van der Waals surface area contributed by atoms with E-state index >= 15 is 0 Å². The third-order valence-corrected chi connectivity index (χ3v) is 5.00. The van der Waals surface area contributed by atoms with Gasteiger partial charge in [-0.25, -0.2) is 0 Å². The van der Waals surface area contributed by atoms with Crippen molar-refractivity contribution in [1.29, 1.82) is 0 Å². The molecule has 4 heteroatoms. The number of hydrogen-bond donors (Lipinski definition) is 1. The van der Waals surface area contributed by atoms with Gasteiger partial charge in [-0.05, 0) is 42.8 Å². The zero-order chi connectivity index (χ0) is 19.5. The fourth-order valence-electron chi connectivity index (χ4n) is 3.45. The smallest absolute Gasteiger partial charge is 0.228 e. The Morgan fingerprint density at radius 2 is 1.61 bits per heavy atom. The van der Waals surface area contributed by atoms with Crippen LogP contribution in [0.4, 0.5) is 5.69 Å². The molecule has 4 nitrogen and oxygen atoms in total. The van der Waals surface area contributed by atoms with Crippen molar-refractivity contribution < 1.29 is 9.53 Å². The van der Waals surface area contributed by atoms with E-state index in [0.29, 0.717) is 17.9 Å². The van der Waals surface area contributed by atoms with Gasteiger partial charge in [0.25, 0.3) is 0 Å². The molecule has 0 radical (unpaired) electrons. The number of nitrogens with one attached hydrogen (secondary N) is 1. The Hall–Kier alpha value is -3.53. The predicted molar refractivity (Wildman–Crippen MR) is 113 cm³/mol. The lowest BCUT2D eigenvalue weighted by molar-refractivity contribution is -0.115. The van der Waals surface area contributed by atoms with Gasteiger partial charge in [0.15, 0.2) is 5.75 Å². The highest BCUT2D eigenvalue weighted by Crippen LogP contribution is 2.30. The number of para-hydroxylation sites is 4. The van der Waals surface area contributed by atoms with E-state index in [2.05, 4.69) is 28.9 Å². The molecule has 0 unspecified atom stereocenters. The number of aryl methyl sites for hydroxylation is 1. The van der Waals surface area contributed by atoms with Crippen LogP contribution < -0.4 is 10.1 Å². The van der Waals surface area contributed by atoms with E-state index in [4.69, 9.17) is 4.74 Å². The molecule has 1 heterocycles. The minimum Gasteiger partial charge on any atom is -0.455 e. The molecule has 140 valence electrons. The van der Waals surface area contributed by atoms with Crippen LogP contribution in [0, 0.1) is 6.92 Å². The van der Waals surface area contributed by atoms with Crippen LogP contribution in [0.25, 0.3) is 10.9 Å². The summed E-state index contributed by atoms with van der Waals surface area (Å²) in [6, 6.07) is 25.2. The van der Waals surface area contributed by atoms with Crippen LogP contribution in [-0.4, -0.2) is 10.5 Å². The lowest BCUT2D eigenvalue weighted by atomic mass is 10.1. The molecule has 0 fully saturated rings. The van der Waals surface area contributed by atoms with Crippen molar-refractivity contribution in [1.82, 2.24) is 4.57 Å². The van der Waals surface area contributed by atoms with Crippen molar-refractivity contribution >= 4 is 22.5 Å². The fourth-order valence-corrected chi connectivity index (χ4v) is 3.45. The summed E-state index contributed by atoms with van der Waals surface area (Å²) in [4.78, 5) is 12.8. The summed E-state index contributed by atoms with van der Waals surface area (Å²) in [5, 5.41) is 4.12. The standard InChI is InChI=1S/C24H22N2O2/c1-17-20(19-12-6-8-14-22(19)26(17)2)16-24(27)25-21-13-7-9-15-23(21)28-18-10-4-3-5-11-18/h3-15H,16H2,1-2H3,(H,25,27). The Balaban J connectivity index is 1.56. The number of nitrogens with zero attached hydrogens (tertiary/aromatic N) is 1. The van der Waals surface area contributed by atoms with Gasteiger partial charge >= 0.3 is 0 Å². The maximum atomic E-state index is 12.8. The van der Waals surface area contributed by atoms with Crippen LogP contribution in [0.2, 0.25) is 0 Å². The number of fused-ring (bicyclic) bond motifs is 1. The first kappa shape index (κ1) is 17.9. The molecule has 1 aromatic heterocycles. The number of hydrogen-bond acceptors (Lipinski definition) is 2. The molecule has 0 spiro atoms. The number of rotatable bonds is 5. The van der Waals surface area contributed by atoms with Crippen molar-refractivity contribution in [3.05, 3.63) is 90.1 Å². The van der Waals surface area contributed by atoms with Crippen molar-refractivity contribution in [2.45, 2.75) is 13.3 Å². The van der Waals surface area contributed by atoms with E-state index in [1.807, 2.05) is 73.8 Å². The van der Waals surface area contributed by atoms with Crippen molar-refractivity contribution in [2.24, 2.45) is 7.05 Å². The van der Waals surface area contributed by atoms with Crippen LogP contribution >= 0.6 is 0 Å². The molecule has 0 aliphatic rings. The van der Waals surface area contributed by atoms with E-state index in [1.165, 1.54) is 0 Å². The highest BCUT2D eigenvalue weighted by atomic mass is 16.5. The molecule has 0 bridgehead atoms. The highest BCUT2D eigenvalue weighted by molar-refractivity contribution is 5.97. The topological polar surface area (TPSA) is 43.3 Å². The molecule has 1 N–H and O–H groups in total. The monoisotopic (exact) mass is 370 g/mol. The Morgan fingerprint density at radius 3 is 2.43 bits per heavy atom. The van der Waals surface area contributed by atoms with Gasteiger partial charge in [0.05, 0.1) is 12.1 Å². The fraction of sp³-hybridized carbons (Fsp3) is 0.125. The Labute approximate surface area is 164 Å². The molecule has 4 rings (SSSR count). The molecule has 1 amide bonds. The lowest BCUT2D eigenvalue weighted by Gasteiger charge is -2.12. The van der Waals surface area contributed by atoms with Crippen molar-refractivity contribution in [3.8, 4) is 11.5 Å². The average Bonchev–Trinajstić information content (AvgIpc) is 2.95. The van der Waals surface area contributed by atoms with Crippen LogP contribution in [0.3, 0.4) is 0 Å². The third kappa shape index (κ3) is 3.49. The molecule has 0 aliphatic heterocycles. The molecule has 4 aromatic rings. The summed E-state index contributed by atoms with van der Waals surface area (Å²) >= 11 is 0.